The number of rotatable bonds is 6. The second-order valence-corrected chi connectivity index (χ2v) is 8.30. The zero-order valence-corrected chi connectivity index (χ0v) is 15.4. The largest absolute Gasteiger partial charge is 0.228 e. The van der Waals surface area contributed by atoms with E-state index in [4.69, 9.17) is 0 Å². The zero-order chi connectivity index (χ0) is 16.8. The Morgan fingerprint density at radius 1 is 0.917 bits per heavy atom. The molecule has 1 aromatic heterocycles. The number of unbranched alkanes of at least 4 members (excludes halogenated alkanes) is 2. The van der Waals surface area contributed by atoms with E-state index in [2.05, 4.69) is 11.9 Å². The molecule has 0 radical (unpaired) electrons. The highest BCUT2D eigenvalue weighted by Crippen LogP contribution is 2.44. The first-order valence-electron chi connectivity index (χ1n) is 10.4. The lowest BCUT2D eigenvalue weighted by atomic mass is 9.68. The Kier molecular flexibility index (Phi) is 6.68. The van der Waals surface area contributed by atoms with Gasteiger partial charge in [-0.3, -0.25) is 0 Å². The van der Waals surface area contributed by atoms with Crippen LogP contribution in [0.4, 0.5) is 4.39 Å². The van der Waals surface area contributed by atoms with E-state index in [0.717, 1.165) is 17.8 Å². The van der Waals surface area contributed by atoms with Gasteiger partial charge in [0.15, 0.2) is 0 Å². The molecule has 24 heavy (non-hydrogen) atoms. The average Bonchev–Trinajstić information content (AvgIpc) is 2.63. The van der Waals surface area contributed by atoms with Gasteiger partial charge in [0.1, 0.15) is 0 Å². The summed E-state index contributed by atoms with van der Waals surface area (Å²) >= 11 is 0. The van der Waals surface area contributed by atoms with E-state index >= 15 is 0 Å². The van der Waals surface area contributed by atoms with Gasteiger partial charge in [0, 0.05) is 6.20 Å². The topological polar surface area (TPSA) is 12.9 Å². The average molecular weight is 332 g/mol. The Morgan fingerprint density at radius 3 is 2.17 bits per heavy atom. The third-order valence-electron chi connectivity index (χ3n) is 6.77. The van der Waals surface area contributed by atoms with Gasteiger partial charge >= 0.3 is 0 Å². The molecule has 2 heteroatoms. The van der Waals surface area contributed by atoms with Crippen LogP contribution < -0.4 is 0 Å². The minimum Gasteiger partial charge on any atom is -0.228 e. The maximum atomic E-state index is 13.0. The fourth-order valence-electron chi connectivity index (χ4n) is 5.18. The summed E-state index contributed by atoms with van der Waals surface area (Å²) in [5, 5.41) is 0. The summed E-state index contributed by atoms with van der Waals surface area (Å²) in [5.41, 5.74) is 1.24. The lowest BCUT2D eigenvalue weighted by Gasteiger charge is -2.38. The van der Waals surface area contributed by atoms with Crippen molar-refractivity contribution in [3.63, 3.8) is 0 Å². The molecule has 1 heterocycles. The van der Waals surface area contributed by atoms with Crippen molar-refractivity contribution in [3.8, 4) is 0 Å². The molecule has 0 atom stereocenters. The lowest BCUT2D eigenvalue weighted by molar-refractivity contribution is 0.155. The molecule has 3 rings (SSSR count). The van der Waals surface area contributed by atoms with Gasteiger partial charge < -0.3 is 0 Å². The zero-order valence-electron chi connectivity index (χ0n) is 15.4. The minimum atomic E-state index is -0.358. The quantitative estimate of drug-likeness (QED) is 0.409. The summed E-state index contributed by atoms with van der Waals surface area (Å²) < 4.78 is 13.0. The van der Waals surface area contributed by atoms with Crippen molar-refractivity contribution < 1.29 is 4.39 Å². The summed E-state index contributed by atoms with van der Waals surface area (Å²) in [6.45, 7) is 2.30. The second kappa shape index (κ2) is 8.97. The van der Waals surface area contributed by atoms with E-state index in [1.165, 1.54) is 88.7 Å². The minimum absolute atomic E-state index is 0.358. The van der Waals surface area contributed by atoms with Crippen LogP contribution in [0.1, 0.15) is 95.5 Å². The predicted molar refractivity (Wildman–Crippen MR) is 98.5 cm³/mol. The highest BCUT2D eigenvalue weighted by atomic mass is 19.1. The smallest absolute Gasteiger partial charge is 0.212 e. The standard InChI is InChI=1S/C22H34FN/c1-2-3-4-5-17-6-8-18(9-7-17)19-10-12-20(13-11-19)21-14-15-22(23)24-16-21/h14-20H,2-13H2,1H3/t17-,18-,19-,20-. The molecule has 2 fully saturated rings. The van der Waals surface area contributed by atoms with E-state index in [0.29, 0.717) is 5.92 Å². The number of nitrogens with zero attached hydrogens (tertiary/aromatic N) is 1. The molecule has 0 saturated heterocycles. The second-order valence-electron chi connectivity index (χ2n) is 8.30. The number of halogens is 1. The Hall–Kier alpha value is -0.920. The van der Waals surface area contributed by atoms with Crippen molar-refractivity contribution in [3.05, 3.63) is 29.8 Å². The number of pyridine rings is 1. The predicted octanol–water partition coefficient (Wildman–Crippen LogP) is 6.88. The van der Waals surface area contributed by atoms with Gasteiger partial charge in [-0.25, -0.2) is 4.98 Å². The Labute approximate surface area is 147 Å². The molecule has 0 amide bonds. The molecule has 0 N–H and O–H groups in total. The van der Waals surface area contributed by atoms with E-state index in [9.17, 15) is 4.39 Å². The van der Waals surface area contributed by atoms with Crippen LogP contribution in [0.5, 0.6) is 0 Å². The maximum absolute atomic E-state index is 13.0. The normalized spacial score (nSPS) is 31.1. The van der Waals surface area contributed by atoms with Crippen molar-refractivity contribution >= 4 is 0 Å². The molecule has 0 unspecified atom stereocenters. The van der Waals surface area contributed by atoms with Crippen LogP contribution in [0, 0.1) is 23.7 Å². The van der Waals surface area contributed by atoms with Crippen LogP contribution in [0.3, 0.4) is 0 Å². The monoisotopic (exact) mass is 331 g/mol. The molecule has 0 aromatic carbocycles. The van der Waals surface area contributed by atoms with Gasteiger partial charge in [-0.2, -0.15) is 4.39 Å². The summed E-state index contributed by atoms with van der Waals surface area (Å²) in [5.74, 6) is 3.21. The van der Waals surface area contributed by atoms with Gasteiger partial charge in [0.05, 0.1) is 0 Å². The highest BCUT2D eigenvalue weighted by molar-refractivity contribution is 5.15. The first-order valence-corrected chi connectivity index (χ1v) is 10.4. The molecule has 1 nitrogen and oxygen atoms in total. The number of hydrogen-bond acceptors (Lipinski definition) is 1. The van der Waals surface area contributed by atoms with Gasteiger partial charge in [-0.15, -0.1) is 0 Å². The Morgan fingerprint density at radius 2 is 1.58 bits per heavy atom. The van der Waals surface area contributed by atoms with Gasteiger partial charge in [-0.1, -0.05) is 51.5 Å². The number of hydrogen-bond donors (Lipinski definition) is 0. The molecule has 1 aromatic rings. The van der Waals surface area contributed by atoms with Crippen molar-refractivity contribution in [2.45, 2.75) is 89.9 Å². The fourth-order valence-corrected chi connectivity index (χ4v) is 5.18. The van der Waals surface area contributed by atoms with Crippen LogP contribution in [0.25, 0.3) is 0 Å². The van der Waals surface area contributed by atoms with E-state index in [1.807, 2.05) is 6.07 Å². The Bertz CT molecular complexity index is 467. The fraction of sp³-hybridized carbons (Fsp3) is 0.773. The van der Waals surface area contributed by atoms with Crippen LogP contribution in [0.15, 0.2) is 18.3 Å². The van der Waals surface area contributed by atoms with E-state index in [-0.39, 0.29) is 5.95 Å². The van der Waals surface area contributed by atoms with Crippen molar-refractivity contribution in [1.29, 1.82) is 0 Å². The van der Waals surface area contributed by atoms with Crippen LogP contribution >= 0.6 is 0 Å². The SMILES string of the molecule is CCCCC[C@H]1CC[C@H]([C@H]2CC[C@H](c3ccc(F)nc3)CC2)CC1. The lowest BCUT2D eigenvalue weighted by Crippen LogP contribution is -2.25. The molecular weight excluding hydrogens is 297 g/mol. The van der Waals surface area contributed by atoms with E-state index in [1.54, 1.807) is 6.20 Å². The summed E-state index contributed by atoms with van der Waals surface area (Å²) in [4.78, 5) is 3.84. The first kappa shape index (κ1) is 17.9. The van der Waals surface area contributed by atoms with Crippen LogP contribution in [0.2, 0.25) is 0 Å². The molecule has 134 valence electrons. The summed E-state index contributed by atoms with van der Waals surface area (Å²) in [6.07, 6.45) is 18.6. The molecular formula is C22H34FN. The molecule has 0 aliphatic heterocycles. The van der Waals surface area contributed by atoms with Gasteiger partial charge in [0.25, 0.3) is 0 Å². The molecule has 2 saturated carbocycles. The molecule has 2 aliphatic carbocycles. The van der Waals surface area contributed by atoms with Crippen molar-refractivity contribution in [2.75, 3.05) is 0 Å². The van der Waals surface area contributed by atoms with Crippen LogP contribution in [-0.4, -0.2) is 4.98 Å². The van der Waals surface area contributed by atoms with Gasteiger partial charge in [-0.05, 0) is 73.8 Å². The van der Waals surface area contributed by atoms with Crippen LogP contribution in [-0.2, 0) is 0 Å². The third-order valence-corrected chi connectivity index (χ3v) is 6.77. The summed E-state index contributed by atoms with van der Waals surface area (Å²) in [6, 6.07) is 3.45. The van der Waals surface area contributed by atoms with Crippen molar-refractivity contribution in [2.24, 2.45) is 17.8 Å². The molecule has 0 bridgehead atoms. The maximum Gasteiger partial charge on any atom is 0.212 e. The highest BCUT2D eigenvalue weighted by Gasteiger charge is 2.31. The molecule has 0 spiro atoms. The van der Waals surface area contributed by atoms with Crippen molar-refractivity contribution in [1.82, 2.24) is 4.98 Å². The summed E-state index contributed by atoms with van der Waals surface area (Å²) in [7, 11) is 0. The Balaban J connectivity index is 1.40. The first-order chi connectivity index (χ1) is 11.8. The third kappa shape index (κ3) is 4.80. The molecule has 2 aliphatic rings. The van der Waals surface area contributed by atoms with Gasteiger partial charge in [0.2, 0.25) is 5.95 Å². The number of aromatic nitrogens is 1. The van der Waals surface area contributed by atoms with E-state index < -0.39 is 0 Å².